The van der Waals surface area contributed by atoms with Crippen LogP contribution in [-0.2, 0) is 4.79 Å². The minimum Gasteiger partial charge on any atom is -0.324 e. The van der Waals surface area contributed by atoms with Crippen molar-refractivity contribution in [3.8, 4) is 5.69 Å². The lowest BCUT2D eigenvalue weighted by atomic mass is 10.1. The van der Waals surface area contributed by atoms with Gasteiger partial charge in [0, 0.05) is 16.8 Å². The summed E-state index contributed by atoms with van der Waals surface area (Å²) >= 11 is 1.51. The monoisotopic (exact) mass is 484 g/mol. The van der Waals surface area contributed by atoms with Gasteiger partial charge in [-0.2, -0.15) is 9.78 Å². The minimum atomic E-state index is -0.647. The highest BCUT2D eigenvalue weighted by molar-refractivity contribution is 7.99. The van der Waals surface area contributed by atoms with Gasteiger partial charge >= 0.3 is 0 Å². The Labute approximate surface area is 206 Å². The zero-order valence-corrected chi connectivity index (χ0v) is 20.2. The van der Waals surface area contributed by atoms with Gasteiger partial charge in [-0.3, -0.25) is 14.4 Å². The van der Waals surface area contributed by atoms with Gasteiger partial charge in [0.1, 0.15) is 6.04 Å². The predicted octanol–water partition coefficient (Wildman–Crippen LogP) is 4.16. The molecule has 3 aromatic carbocycles. The smallest absolute Gasteiger partial charge is 0.279 e. The first kappa shape index (κ1) is 22.9. The van der Waals surface area contributed by atoms with Crippen molar-refractivity contribution in [1.29, 1.82) is 0 Å². The number of aromatic nitrogens is 2. The van der Waals surface area contributed by atoms with Crippen molar-refractivity contribution < 1.29 is 9.59 Å². The van der Waals surface area contributed by atoms with Crippen LogP contribution in [0.4, 0.5) is 5.69 Å². The van der Waals surface area contributed by atoms with Crippen LogP contribution in [-0.4, -0.2) is 44.2 Å². The van der Waals surface area contributed by atoms with Gasteiger partial charge in [0.25, 0.3) is 11.5 Å². The number of hydrogen-bond acceptors (Lipinski definition) is 5. The summed E-state index contributed by atoms with van der Waals surface area (Å²) in [7, 11) is 0. The van der Waals surface area contributed by atoms with Crippen LogP contribution in [0.25, 0.3) is 16.5 Å². The topological polar surface area (TPSA) is 84.3 Å². The molecule has 5 rings (SSSR count). The number of nitrogens with one attached hydrogen (secondary N) is 1. The molecule has 1 saturated heterocycles. The molecule has 7 nitrogen and oxygen atoms in total. The lowest BCUT2D eigenvalue weighted by Crippen LogP contribution is -2.45. The lowest BCUT2D eigenvalue weighted by molar-refractivity contribution is -0.119. The normalized spacial score (nSPS) is 15.4. The van der Waals surface area contributed by atoms with Crippen molar-refractivity contribution in [3.05, 3.63) is 100.0 Å². The van der Waals surface area contributed by atoms with Crippen LogP contribution in [0.2, 0.25) is 0 Å². The molecule has 176 valence electrons. The highest BCUT2D eigenvalue weighted by atomic mass is 32.2. The van der Waals surface area contributed by atoms with Gasteiger partial charge in [0.05, 0.1) is 17.0 Å². The molecule has 35 heavy (non-hydrogen) atoms. The van der Waals surface area contributed by atoms with E-state index in [0.717, 1.165) is 11.1 Å². The number of aryl methyl sites for hydroxylation is 2. The van der Waals surface area contributed by atoms with Crippen LogP contribution in [0.1, 0.15) is 21.6 Å². The van der Waals surface area contributed by atoms with Crippen LogP contribution in [0.3, 0.4) is 0 Å². The highest BCUT2D eigenvalue weighted by Gasteiger charge is 2.37. The summed E-state index contributed by atoms with van der Waals surface area (Å²) in [6, 6.07) is 21.0. The number of nitrogens with zero attached hydrogens (tertiary/aromatic N) is 3. The van der Waals surface area contributed by atoms with E-state index < -0.39 is 6.04 Å². The van der Waals surface area contributed by atoms with Crippen LogP contribution in [0.15, 0.2) is 77.6 Å². The van der Waals surface area contributed by atoms with Crippen molar-refractivity contribution in [2.24, 2.45) is 0 Å². The van der Waals surface area contributed by atoms with Gasteiger partial charge in [-0.25, -0.2) is 0 Å². The molecule has 1 aliphatic rings. The molecule has 0 bridgehead atoms. The third-order valence-corrected chi connectivity index (χ3v) is 7.24. The summed E-state index contributed by atoms with van der Waals surface area (Å²) in [5, 5.41) is 8.31. The van der Waals surface area contributed by atoms with Crippen LogP contribution < -0.4 is 10.9 Å². The van der Waals surface area contributed by atoms with Crippen LogP contribution in [0.5, 0.6) is 0 Å². The van der Waals surface area contributed by atoms with Crippen LogP contribution in [0, 0.1) is 13.8 Å². The quantitative estimate of drug-likeness (QED) is 0.470. The molecule has 0 saturated carbocycles. The van der Waals surface area contributed by atoms with E-state index in [1.54, 1.807) is 36.4 Å². The number of hydrogen-bond donors (Lipinski definition) is 1. The van der Waals surface area contributed by atoms with E-state index in [4.69, 9.17) is 0 Å². The number of anilines is 1. The summed E-state index contributed by atoms with van der Waals surface area (Å²) < 4.78 is 1.25. The van der Waals surface area contributed by atoms with Crippen LogP contribution >= 0.6 is 11.8 Å². The summed E-state index contributed by atoms with van der Waals surface area (Å²) in [4.78, 5) is 41.6. The van der Waals surface area contributed by atoms with Gasteiger partial charge in [-0.15, -0.1) is 11.8 Å². The number of rotatable bonds is 4. The van der Waals surface area contributed by atoms with Gasteiger partial charge in [-0.05, 0) is 55.3 Å². The zero-order valence-electron chi connectivity index (χ0n) is 19.4. The fraction of sp³-hybridized carbons (Fsp3) is 0.185. The third-order valence-electron chi connectivity index (χ3n) is 6.23. The van der Waals surface area contributed by atoms with E-state index in [1.807, 2.05) is 50.2 Å². The molecular formula is C27H24N4O3S. The van der Waals surface area contributed by atoms with E-state index in [2.05, 4.69) is 10.4 Å². The number of carbonyl (C=O) groups excluding carboxylic acids is 2. The minimum absolute atomic E-state index is 0.149. The maximum Gasteiger partial charge on any atom is 0.279 e. The highest BCUT2D eigenvalue weighted by Crippen LogP contribution is 2.26. The number of fused-ring (bicyclic) bond motifs is 1. The van der Waals surface area contributed by atoms with Gasteiger partial charge in [-0.1, -0.05) is 42.5 Å². The molecule has 0 spiro atoms. The Kier molecular flexibility index (Phi) is 6.13. The average Bonchev–Trinajstić information content (AvgIpc) is 3.37. The Morgan fingerprint density at radius 3 is 2.40 bits per heavy atom. The molecule has 2 heterocycles. The standard InChI is InChI=1S/C27H24N4O3S/c1-17-12-13-19(14-18(17)2)28-25(32)23-15-35-16-30(23)27(34)24-21-10-6-7-11-22(21)26(33)31(29-24)20-8-4-3-5-9-20/h3-14,23H,15-16H2,1-2H3,(H,28,32). The molecule has 1 N–H and O–H groups in total. The van der Waals surface area contributed by atoms with Gasteiger partial charge < -0.3 is 10.2 Å². The third kappa shape index (κ3) is 4.33. The maximum atomic E-state index is 13.8. The first-order valence-corrected chi connectivity index (χ1v) is 12.4. The van der Waals surface area contributed by atoms with E-state index in [1.165, 1.54) is 21.3 Å². The Morgan fingerprint density at radius 1 is 0.943 bits per heavy atom. The van der Waals surface area contributed by atoms with E-state index in [9.17, 15) is 14.4 Å². The van der Waals surface area contributed by atoms with Crippen molar-refractivity contribution in [3.63, 3.8) is 0 Å². The van der Waals surface area contributed by atoms with Crippen molar-refractivity contribution in [1.82, 2.24) is 14.7 Å². The predicted molar refractivity (Wildman–Crippen MR) is 139 cm³/mol. The number of benzene rings is 3. The molecule has 0 radical (unpaired) electrons. The Morgan fingerprint density at radius 2 is 1.66 bits per heavy atom. The van der Waals surface area contributed by atoms with Crippen molar-refractivity contribution in [2.45, 2.75) is 19.9 Å². The Hall–Kier alpha value is -3.91. The fourth-order valence-corrected chi connectivity index (χ4v) is 5.29. The summed E-state index contributed by atoms with van der Waals surface area (Å²) in [5.74, 6) is 0.228. The lowest BCUT2D eigenvalue weighted by Gasteiger charge is -2.23. The second kappa shape index (κ2) is 9.38. The summed E-state index contributed by atoms with van der Waals surface area (Å²) in [6.07, 6.45) is 0. The van der Waals surface area contributed by atoms with E-state index >= 15 is 0 Å². The molecule has 1 aliphatic heterocycles. The van der Waals surface area contributed by atoms with E-state index in [0.29, 0.717) is 33.8 Å². The SMILES string of the molecule is Cc1ccc(NC(=O)C2CSCN2C(=O)c2nn(-c3ccccc3)c(=O)c3ccccc23)cc1C. The average molecular weight is 485 g/mol. The summed E-state index contributed by atoms with van der Waals surface area (Å²) in [6.45, 7) is 4.01. The van der Waals surface area contributed by atoms with Crippen molar-refractivity contribution in [2.75, 3.05) is 16.9 Å². The van der Waals surface area contributed by atoms with E-state index in [-0.39, 0.29) is 23.1 Å². The fourth-order valence-electron chi connectivity index (χ4n) is 4.13. The van der Waals surface area contributed by atoms with Gasteiger partial charge in [0.2, 0.25) is 5.91 Å². The molecule has 1 atom stereocenters. The Balaban J connectivity index is 1.51. The van der Waals surface area contributed by atoms with Gasteiger partial charge in [0.15, 0.2) is 5.69 Å². The number of amides is 2. The second-order valence-corrected chi connectivity index (χ2v) is 9.53. The summed E-state index contributed by atoms with van der Waals surface area (Å²) in [5.41, 5.74) is 3.33. The molecule has 0 aliphatic carbocycles. The number of thioether (sulfide) groups is 1. The largest absolute Gasteiger partial charge is 0.324 e. The van der Waals surface area contributed by atoms with Crippen molar-refractivity contribution >= 4 is 40.0 Å². The molecule has 1 aromatic heterocycles. The number of carbonyl (C=O) groups is 2. The first-order valence-electron chi connectivity index (χ1n) is 11.3. The molecule has 8 heteroatoms. The first-order chi connectivity index (χ1) is 16.9. The molecule has 1 fully saturated rings. The molecular weight excluding hydrogens is 460 g/mol. The maximum absolute atomic E-state index is 13.8. The molecule has 4 aromatic rings. The Bertz CT molecular complexity index is 1500. The molecule has 1 unspecified atom stereocenters. The zero-order chi connectivity index (χ0) is 24.5. The second-order valence-electron chi connectivity index (χ2n) is 8.53. The molecule has 2 amide bonds. The number of para-hydroxylation sites is 1.